The van der Waals surface area contributed by atoms with Crippen LogP contribution in [0.2, 0.25) is 5.02 Å². The largest absolute Gasteiger partial charge is 0.493 e. The molecule has 3 heteroatoms. The second-order valence-corrected chi connectivity index (χ2v) is 6.36. The van der Waals surface area contributed by atoms with Crippen molar-refractivity contribution in [1.82, 2.24) is 0 Å². The van der Waals surface area contributed by atoms with Gasteiger partial charge in [-0.3, -0.25) is 0 Å². The molecule has 0 bridgehead atoms. The van der Waals surface area contributed by atoms with Crippen LogP contribution in [0.5, 0.6) is 5.75 Å². The van der Waals surface area contributed by atoms with Crippen LogP contribution in [-0.2, 0) is 6.42 Å². The van der Waals surface area contributed by atoms with Gasteiger partial charge >= 0.3 is 0 Å². The molecule has 0 aromatic heterocycles. The average Bonchev–Trinajstić information content (AvgIpc) is 2.91. The van der Waals surface area contributed by atoms with E-state index in [1.54, 1.807) is 0 Å². The second-order valence-electron chi connectivity index (χ2n) is 5.95. The summed E-state index contributed by atoms with van der Waals surface area (Å²) in [4.78, 5) is 0. The standard InChI is InChI=1S/C18H18ClNO/c19-17-4-2-1-3-16(17)13-10-15(11-13)20-14-5-6-18-12(9-14)7-8-21-18/h1-6,9,13,15,20H,7-8,10-11H2. The Morgan fingerprint density at radius 3 is 2.81 bits per heavy atom. The Labute approximate surface area is 130 Å². The summed E-state index contributed by atoms with van der Waals surface area (Å²) < 4.78 is 5.54. The Bertz CT molecular complexity index is 664. The van der Waals surface area contributed by atoms with E-state index in [-0.39, 0.29) is 0 Å². The molecule has 1 saturated carbocycles. The minimum Gasteiger partial charge on any atom is -0.493 e. The first-order chi connectivity index (χ1) is 10.3. The summed E-state index contributed by atoms with van der Waals surface area (Å²) in [5.74, 6) is 1.64. The lowest BCUT2D eigenvalue weighted by molar-refractivity contribution is 0.356. The predicted molar refractivity (Wildman–Crippen MR) is 86.5 cm³/mol. The Morgan fingerprint density at radius 1 is 1.10 bits per heavy atom. The molecule has 0 unspecified atom stereocenters. The molecule has 108 valence electrons. The van der Waals surface area contributed by atoms with Gasteiger partial charge in [0.15, 0.2) is 0 Å². The third-order valence-electron chi connectivity index (χ3n) is 4.54. The molecule has 1 aliphatic carbocycles. The van der Waals surface area contributed by atoms with Crippen molar-refractivity contribution in [2.45, 2.75) is 31.2 Å². The maximum absolute atomic E-state index is 6.27. The van der Waals surface area contributed by atoms with Crippen LogP contribution in [0.25, 0.3) is 0 Å². The number of fused-ring (bicyclic) bond motifs is 1. The third kappa shape index (κ3) is 2.49. The van der Waals surface area contributed by atoms with Gasteiger partial charge in [0, 0.05) is 23.2 Å². The zero-order valence-electron chi connectivity index (χ0n) is 11.8. The highest BCUT2D eigenvalue weighted by Crippen LogP contribution is 2.41. The highest BCUT2D eigenvalue weighted by molar-refractivity contribution is 6.31. The van der Waals surface area contributed by atoms with Crippen LogP contribution in [0.15, 0.2) is 42.5 Å². The molecule has 1 N–H and O–H groups in total. The van der Waals surface area contributed by atoms with Crippen molar-refractivity contribution >= 4 is 17.3 Å². The van der Waals surface area contributed by atoms with Gasteiger partial charge in [0.2, 0.25) is 0 Å². The Hall–Kier alpha value is -1.67. The molecule has 1 aliphatic heterocycles. The molecule has 2 nitrogen and oxygen atoms in total. The van der Waals surface area contributed by atoms with Crippen molar-refractivity contribution in [3.05, 3.63) is 58.6 Å². The second kappa shape index (κ2) is 5.27. The fraction of sp³-hybridized carbons (Fsp3) is 0.333. The van der Waals surface area contributed by atoms with Crippen LogP contribution in [0.4, 0.5) is 5.69 Å². The van der Waals surface area contributed by atoms with Crippen molar-refractivity contribution < 1.29 is 4.74 Å². The number of halogens is 1. The van der Waals surface area contributed by atoms with Crippen LogP contribution in [0.1, 0.15) is 29.9 Å². The highest BCUT2D eigenvalue weighted by Gasteiger charge is 2.31. The van der Waals surface area contributed by atoms with E-state index in [1.165, 1.54) is 16.8 Å². The molecule has 0 radical (unpaired) electrons. The number of rotatable bonds is 3. The molecule has 0 amide bonds. The van der Waals surface area contributed by atoms with E-state index < -0.39 is 0 Å². The number of nitrogens with one attached hydrogen (secondary N) is 1. The Morgan fingerprint density at radius 2 is 1.95 bits per heavy atom. The molecule has 4 rings (SSSR count). The van der Waals surface area contributed by atoms with Crippen LogP contribution in [0, 0.1) is 0 Å². The molecule has 2 aliphatic rings. The van der Waals surface area contributed by atoms with Crippen molar-refractivity contribution in [1.29, 1.82) is 0 Å². The molecule has 1 fully saturated rings. The van der Waals surface area contributed by atoms with Crippen LogP contribution in [-0.4, -0.2) is 12.6 Å². The lowest BCUT2D eigenvalue weighted by Gasteiger charge is -2.37. The van der Waals surface area contributed by atoms with E-state index >= 15 is 0 Å². The van der Waals surface area contributed by atoms with E-state index in [4.69, 9.17) is 16.3 Å². The van der Waals surface area contributed by atoms with Crippen LogP contribution < -0.4 is 10.1 Å². The van der Waals surface area contributed by atoms with Crippen molar-refractivity contribution in [3.8, 4) is 5.75 Å². The van der Waals surface area contributed by atoms with E-state index in [9.17, 15) is 0 Å². The fourth-order valence-corrected chi connectivity index (χ4v) is 3.60. The summed E-state index contributed by atoms with van der Waals surface area (Å²) in [5, 5.41) is 4.53. The summed E-state index contributed by atoms with van der Waals surface area (Å²) in [5.41, 5.74) is 3.82. The van der Waals surface area contributed by atoms with E-state index in [0.29, 0.717) is 12.0 Å². The summed E-state index contributed by atoms with van der Waals surface area (Å²) in [6.45, 7) is 0.816. The monoisotopic (exact) mass is 299 g/mol. The predicted octanol–water partition coefficient (Wildman–Crippen LogP) is 4.63. The fourth-order valence-electron chi connectivity index (χ4n) is 3.31. The molecule has 1 heterocycles. The summed E-state index contributed by atoms with van der Waals surface area (Å²) in [6.07, 6.45) is 3.33. The maximum atomic E-state index is 6.27. The summed E-state index contributed by atoms with van der Waals surface area (Å²) in [7, 11) is 0. The molecular weight excluding hydrogens is 282 g/mol. The molecule has 2 aromatic rings. The van der Waals surface area contributed by atoms with Gasteiger partial charge in [0.25, 0.3) is 0 Å². The summed E-state index contributed by atoms with van der Waals surface area (Å²) >= 11 is 6.27. The zero-order valence-corrected chi connectivity index (χ0v) is 12.6. The molecule has 0 spiro atoms. The van der Waals surface area contributed by atoms with E-state index in [1.807, 2.05) is 12.1 Å². The minimum atomic E-state index is 0.548. The lowest BCUT2D eigenvalue weighted by Crippen LogP contribution is -2.34. The van der Waals surface area contributed by atoms with Gasteiger partial charge in [-0.25, -0.2) is 0 Å². The number of benzene rings is 2. The van der Waals surface area contributed by atoms with Gasteiger partial charge in [0.05, 0.1) is 6.61 Å². The average molecular weight is 300 g/mol. The van der Waals surface area contributed by atoms with Gasteiger partial charge in [-0.15, -0.1) is 0 Å². The number of ether oxygens (including phenoxy) is 1. The minimum absolute atomic E-state index is 0.548. The molecule has 21 heavy (non-hydrogen) atoms. The number of hydrogen-bond acceptors (Lipinski definition) is 2. The van der Waals surface area contributed by atoms with Crippen molar-refractivity contribution in [2.24, 2.45) is 0 Å². The lowest BCUT2D eigenvalue weighted by atomic mass is 9.75. The molecule has 0 saturated heterocycles. The van der Waals surface area contributed by atoms with Crippen molar-refractivity contribution in [3.63, 3.8) is 0 Å². The smallest absolute Gasteiger partial charge is 0.122 e. The van der Waals surface area contributed by atoms with Crippen LogP contribution >= 0.6 is 11.6 Å². The molecular formula is C18H18ClNO. The van der Waals surface area contributed by atoms with Gasteiger partial charge in [0.1, 0.15) is 5.75 Å². The third-order valence-corrected chi connectivity index (χ3v) is 4.89. The van der Waals surface area contributed by atoms with Crippen molar-refractivity contribution in [2.75, 3.05) is 11.9 Å². The topological polar surface area (TPSA) is 21.3 Å². The van der Waals surface area contributed by atoms with Gasteiger partial charge in [-0.1, -0.05) is 29.8 Å². The van der Waals surface area contributed by atoms with E-state index in [0.717, 1.165) is 36.6 Å². The zero-order chi connectivity index (χ0) is 14.2. The first kappa shape index (κ1) is 13.0. The summed E-state index contributed by atoms with van der Waals surface area (Å²) in [6, 6.07) is 15.2. The number of anilines is 1. The van der Waals surface area contributed by atoms with Gasteiger partial charge in [-0.05, 0) is 54.2 Å². The Kier molecular flexibility index (Phi) is 3.27. The molecule has 0 atom stereocenters. The maximum Gasteiger partial charge on any atom is 0.122 e. The Balaban J connectivity index is 1.39. The highest BCUT2D eigenvalue weighted by atomic mass is 35.5. The molecule has 2 aromatic carbocycles. The van der Waals surface area contributed by atoms with Gasteiger partial charge < -0.3 is 10.1 Å². The first-order valence-electron chi connectivity index (χ1n) is 7.56. The first-order valence-corrected chi connectivity index (χ1v) is 7.94. The quantitative estimate of drug-likeness (QED) is 0.892. The van der Waals surface area contributed by atoms with Gasteiger partial charge in [-0.2, -0.15) is 0 Å². The normalized spacial score (nSPS) is 23.1. The van der Waals surface area contributed by atoms with E-state index in [2.05, 4.69) is 35.6 Å². The SMILES string of the molecule is Clc1ccccc1C1CC(Nc2ccc3c(c2)CCO3)C1. The number of hydrogen-bond donors (Lipinski definition) is 1. The van der Waals surface area contributed by atoms with Crippen LogP contribution in [0.3, 0.4) is 0 Å².